The Hall–Kier alpha value is -2.14. The summed E-state index contributed by atoms with van der Waals surface area (Å²) in [4.78, 5) is 12.1. The highest BCUT2D eigenvalue weighted by molar-refractivity contribution is 5.76. The molecule has 0 radical (unpaired) electrons. The van der Waals surface area contributed by atoms with Crippen molar-refractivity contribution in [3.05, 3.63) is 47.3 Å². The van der Waals surface area contributed by atoms with Crippen molar-refractivity contribution in [1.82, 2.24) is 15.1 Å². The molecule has 0 aliphatic carbocycles. The summed E-state index contributed by atoms with van der Waals surface area (Å²) in [5, 5.41) is 7.61. The van der Waals surface area contributed by atoms with E-state index in [0.29, 0.717) is 19.4 Å². The molecular formula is C19H25N3O2. The van der Waals surface area contributed by atoms with Gasteiger partial charge in [0.25, 0.3) is 0 Å². The average molecular weight is 327 g/mol. The summed E-state index contributed by atoms with van der Waals surface area (Å²) in [6.45, 7) is 5.51. The quantitative estimate of drug-likeness (QED) is 0.887. The van der Waals surface area contributed by atoms with Crippen LogP contribution in [0, 0.1) is 13.8 Å². The molecule has 0 spiro atoms. The molecule has 0 bridgehead atoms. The minimum atomic E-state index is 0.0803. The van der Waals surface area contributed by atoms with Crippen LogP contribution in [0.5, 0.6) is 0 Å². The molecule has 1 atom stereocenters. The van der Waals surface area contributed by atoms with Crippen molar-refractivity contribution in [2.75, 3.05) is 13.2 Å². The molecule has 5 heteroatoms. The highest BCUT2D eigenvalue weighted by Gasteiger charge is 2.17. The van der Waals surface area contributed by atoms with Gasteiger partial charge in [-0.2, -0.15) is 5.10 Å². The van der Waals surface area contributed by atoms with Gasteiger partial charge in [-0.25, -0.2) is 4.68 Å². The van der Waals surface area contributed by atoms with Gasteiger partial charge in [0.1, 0.15) is 0 Å². The Balaban J connectivity index is 1.59. The number of carbonyl (C=O) groups is 1. The van der Waals surface area contributed by atoms with E-state index in [-0.39, 0.29) is 12.0 Å². The zero-order valence-electron chi connectivity index (χ0n) is 14.4. The fraction of sp³-hybridized carbons (Fsp3) is 0.474. The Morgan fingerprint density at radius 3 is 2.83 bits per heavy atom. The Kier molecular flexibility index (Phi) is 5.30. The maximum atomic E-state index is 12.1. The molecule has 1 aliphatic rings. The molecule has 0 saturated carbocycles. The first kappa shape index (κ1) is 16.7. The van der Waals surface area contributed by atoms with Gasteiger partial charge in [-0.3, -0.25) is 4.79 Å². The molecule has 1 aromatic carbocycles. The molecule has 1 N–H and O–H groups in total. The van der Waals surface area contributed by atoms with Gasteiger partial charge in [-0.1, -0.05) is 18.2 Å². The second-order valence-electron chi connectivity index (χ2n) is 6.34. The summed E-state index contributed by atoms with van der Waals surface area (Å²) in [6, 6.07) is 10.1. The molecule has 1 aromatic heterocycles. The van der Waals surface area contributed by atoms with E-state index in [2.05, 4.69) is 17.3 Å². The van der Waals surface area contributed by atoms with E-state index in [1.54, 1.807) is 0 Å². The van der Waals surface area contributed by atoms with E-state index in [0.717, 1.165) is 42.1 Å². The lowest BCUT2D eigenvalue weighted by Crippen LogP contribution is -2.31. The van der Waals surface area contributed by atoms with Gasteiger partial charge < -0.3 is 10.1 Å². The minimum Gasteiger partial charge on any atom is -0.376 e. The maximum absolute atomic E-state index is 12.1. The molecule has 24 heavy (non-hydrogen) atoms. The predicted octanol–water partition coefficient (Wildman–Crippen LogP) is 2.72. The van der Waals surface area contributed by atoms with Crippen molar-refractivity contribution in [1.29, 1.82) is 0 Å². The number of para-hydroxylation sites is 1. The zero-order valence-corrected chi connectivity index (χ0v) is 14.4. The lowest BCUT2D eigenvalue weighted by molar-refractivity contribution is -0.121. The topological polar surface area (TPSA) is 56.2 Å². The number of aromatic nitrogens is 2. The van der Waals surface area contributed by atoms with Gasteiger partial charge in [0.2, 0.25) is 5.91 Å². The SMILES string of the molecule is Cc1nn(-c2ccccc2)c(C)c1CCC(=O)NCC1CCCO1. The molecule has 1 saturated heterocycles. The van der Waals surface area contributed by atoms with Crippen LogP contribution in [-0.2, 0) is 16.0 Å². The fourth-order valence-electron chi connectivity index (χ4n) is 3.22. The van der Waals surface area contributed by atoms with Gasteiger partial charge in [0.15, 0.2) is 0 Å². The number of benzene rings is 1. The highest BCUT2D eigenvalue weighted by Crippen LogP contribution is 2.19. The molecule has 2 aromatic rings. The number of aryl methyl sites for hydroxylation is 1. The first-order valence-electron chi connectivity index (χ1n) is 8.64. The molecular weight excluding hydrogens is 302 g/mol. The standard InChI is InChI=1S/C19H25N3O2/c1-14-18(10-11-19(23)20-13-17-9-6-12-24-17)15(2)22(21-14)16-7-4-3-5-8-16/h3-5,7-8,17H,6,9-13H2,1-2H3,(H,20,23). The fourth-order valence-corrected chi connectivity index (χ4v) is 3.22. The molecule has 3 rings (SSSR count). The third kappa shape index (κ3) is 3.85. The molecule has 1 fully saturated rings. The number of hydrogen-bond donors (Lipinski definition) is 1. The van der Waals surface area contributed by atoms with Crippen LogP contribution >= 0.6 is 0 Å². The largest absolute Gasteiger partial charge is 0.376 e. The summed E-state index contributed by atoms with van der Waals surface area (Å²) >= 11 is 0. The number of hydrogen-bond acceptors (Lipinski definition) is 3. The Labute approximate surface area is 143 Å². The third-order valence-electron chi connectivity index (χ3n) is 4.59. The Bertz CT molecular complexity index is 688. The molecule has 128 valence electrons. The molecule has 5 nitrogen and oxygen atoms in total. The van der Waals surface area contributed by atoms with E-state index in [4.69, 9.17) is 4.74 Å². The van der Waals surface area contributed by atoms with E-state index >= 15 is 0 Å². The maximum Gasteiger partial charge on any atom is 0.220 e. The number of nitrogens with one attached hydrogen (secondary N) is 1. The van der Waals surface area contributed by atoms with Gasteiger partial charge in [-0.15, -0.1) is 0 Å². The van der Waals surface area contributed by atoms with Crippen LogP contribution < -0.4 is 5.32 Å². The molecule has 1 amide bonds. The molecule has 2 heterocycles. The smallest absolute Gasteiger partial charge is 0.220 e. The van der Waals surface area contributed by atoms with Crippen LogP contribution in [0.15, 0.2) is 30.3 Å². The van der Waals surface area contributed by atoms with Crippen LogP contribution in [0.3, 0.4) is 0 Å². The zero-order chi connectivity index (χ0) is 16.9. The summed E-state index contributed by atoms with van der Waals surface area (Å²) in [7, 11) is 0. The van der Waals surface area contributed by atoms with Crippen molar-refractivity contribution in [3.8, 4) is 5.69 Å². The second-order valence-corrected chi connectivity index (χ2v) is 6.34. The monoisotopic (exact) mass is 327 g/mol. The summed E-state index contributed by atoms with van der Waals surface area (Å²) in [5.41, 5.74) is 4.30. The van der Waals surface area contributed by atoms with Crippen LogP contribution in [-0.4, -0.2) is 34.9 Å². The average Bonchev–Trinajstić information content (AvgIpc) is 3.21. The van der Waals surface area contributed by atoms with Crippen LogP contribution in [0.4, 0.5) is 0 Å². The predicted molar refractivity (Wildman–Crippen MR) is 93.3 cm³/mol. The van der Waals surface area contributed by atoms with Crippen molar-refractivity contribution >= 4 is 5.91 Å². The van der Waals surface area contributed by atoms with E-state index in [1.807, 2.05) is 41.9 Å². The summed E-state index contributed by atoms with van der Waals surface area (Å²) in [5.74, 6) is 0.0803. The summed E-state index contributed by atoms with van der Waals surface area (Å²) in [6.07, 6.45) is 3.52. The first-order chi connectivity index (χ1) is 11.6. The Morgan fingerprint density at radius 2 is 2.12 bits per heavy atom. The van der Waals surface area contributed by atoms with Crippen LogP contribution in [0.1, 0.15) is 36.2 Å². The Morgan fingerprint density at radius 1 is 1.33 bits per heavy atom. The minimum absolute atomic E-state index is 0.0803. The van der Waals surface area contributed by atoms with Crippen molar-refractivity contribution < 1.29 is 9.53 Å². The lowest BCUT2D eigenvalue weighted by Gasteiger charge is -2.10. The third-order valence-corrected chi connectivity index (χ3v) is 4.59. The molecule has 1 aliphatic heterocycles. The van der Waals surface area contributed by atoms with E-state index in [1.165, 1.54) is 0 Å². The van der Waals surface area contributed by atoms with Crippen molar-refractivity contribution in [2.24, 2.45) is 0 Å². The normalized spacial score (nSPS) is 17.2. The van der Waals surface area contributed by atoms with Gasteiger partial charge in [0.05, 0.1) is 17.5 Å². The van der Waals surface area contributed by atoms with Gasteiger partial charge >= 0.3 is 0 Å². The van der Waals surface area contributed by atoms with E-state index in [9.17, 15) is 4.79 Å². The van der Waals surface area contributed by atoms with Gasteiger partial charge in [-0.05, 0) is 50.8 Å². The van der Waals surface area contributed by atoms with Crippen LogP contribution in [0.25, 0.3) is 5.69 Å². The number of rotatable bonds is 6. The summed E-state index contributed by atoms with van der Waals surface area (Å²) < 4.78 is 7.48. The van der Waals surface area contributed by atoms with Crippen molar-refractivity contribution in [3.63, 3.8) is 0 Å². The van der Waals surface area contributed by atoms with Gasteiger partial charge in [0, 0.05) is 25.3 Å². The number of carbonyl (C=O) groups excluding carboxylic acids is 1. The van der Waals surface area contributed by atoms with Crippen molar-refractivity contribution in [2.45, 2.75) is 45.6 Å². The lowest BCUT2D eigenvalue weighted by atomic mass is 10.1. The van der Waals surface area contributed by atoms with E-state index < -0.39 is 0 Å². The van der Waals surface area contributed by atoms with Crippen LogP contribution in [0.2, 0.25) is 0 Å². The first-order valence-corrected chi connectivity index (χ1v) is 8.64. The second kappa shape index (κ2) is 7.62. The number of amides is 1. The highest BCUT2D eigenvalue weighted by atomic mass is 16.5. The number of ether oxygens (including phenoxy) is 1. The number of nitrogens with zero attached hydrogens (tertiary/aromatic N) is 2. The molecule has 1 unspecified atom stereocenters.